The van der Waals surface area contributed by atoms with Crippen LogP contribution in [0.5, 0.6) is 0 Å². The quantitative estimate of drug-likeness (QED) is 0.668. The molecule has 2 rings (SSSR count). The summed E-state index contributed by atoms with van der Waals surface area (Å²) in [5, 5.41) is 14.2. The predicted octanol–water partition coefficient (Wildman–Crippen LogP) is 2.54. The molecule has 1 heterocycles. The molecule has 1 unspecified atom stereocenters. The first kappa shape index (κ1) is 14.1. The van der Waals surface area contributed by atoms with E-state index < -0.39 is 0 Å². The van der Waals surface area contributed by atoms with E-state index in [1.807, 2.05) is 13.8 Å². The molecule has 0 bridgehead atoms. The topological polar surface area (TPSA) is 81.0 Å². The van der Waals surface area contributed by atoms with Crippen LogP contribution in [0.15, 0.2) is 36.7 Å². The van der Waals surface area contributed by atoms with E-state index in [0.29, 0.717) is 12.1 Å². The lowest BCUT2D eigenvalue weighted by molar-refractivity contribution is -0.385. The molecule has 0 spiro atoms. The zero-order valence-corrected chi connectivity index (χ0v) is 11.4. The molecule has 2 aromatic rings. The standard InChI is InChI=1S/C14H16N4O2/c1-10-14(16-8-7-15-10)11(2)17-9-12-5-3-4-6-13(12)18(19)20/h3-8,11,17H,9H2,1-2H3. The minimum absolute atomic E-state index is 0.0245. The normalized spacial score (nSPS) is 12.1. The van der Waals surface area contributed by atoms with E-state index in [0.717, 1.165) is 11.4 Å². The van der Waals surface area contributed by atoms with Gasteiger partial charge in [0.2, 0.25) is 0 Å². The van der Waals surface area contributed by atoms with E-state index >= 15 is 0 Å². The number of nitrogens with one attached hydrogen (secondary N) is 1. The monoisotopic (exact) mass is 272 g/mol. The van der Waals surface area contributed by atoms with Crippen LogP contribution in [-0.4, -0.2) is 14.9 Å². The van der Waals surface area contributed by atoms with Crippen molar-refractivity contribution in [2.45, 2.75) is 26.4 Å². The minimum atomic E-state index is -0.366. The molecular formula is C14H16N4O2. The molecule has 1 aromatic carbocycles. The Morgan fingerprint density at radius 3 is 2.70 bits per heavy atom. The highest BCUT2D eigenvalue weighted by Crippen LogP contribution is 2.19. The summed E-state index contributed by atoms with van der Waals surface area (Å²) >= 11 is 0. The van der Waals surface area contributed by atoms with E-state index in [-0.39, 0.29) is 16.7 Å². The number of nitrogens with zero attached hydrogens (tertiary/aromatic N) is 3. The summed E-state index contributed by atoms with van der Waals surface area (Å²) in [5.74, 6) is 0. The average Bonchev–Trinajstić information content (AvgIpc) is 2.45. The molecule has 0 radical (unpaired) electrons. The van der Waals surface area contributed by atoms with Crippen molar-refractivity contribution < 1.29 is 4.92 Å². The summed E-state index contributed by atoms with van der Waals surface area (Å²) in [7, 11) is 0. The highest BCUT2D eigenvalue weighted by molar-refractivity contribution is 5.39. The van der Waals surface area contributed by atoms with Crippen molar-refractivity contribution >= 4 is 5.69 Å². The highest BCUT2D eigenvalue weighted by Gasteiger charge is 2.14. The Balaban J connectivity index is 2.10. The fourth-order valence-electron chi connectivity index (χ4n) is 2.04. The largest absolute Gasteiger partial charge is 0.304 e. The smallest absolute Gasteiger partial charge is 0.273 e. The lowest BCUT2D eigenvalue weighted by atomic mass is 10.1. The van der Waals surface area contributed by atoms with Crippen LogP contribution >= 0.6 is 0 Å². The molecular weight excluding hydrogens is 256 g/mol. The zero-order valence-electron chi connectivity index (χ0n) is 11.4. The van der Waals surface area contributed by atoms with Gasteiger partial charge >= 0.3 is 0 Å². The molecule has 6 nitrogen and oxygen atoms in total. The van der Waals surface area contributed by atoms with Gasteiger partial charge in [0, 0.05) is 36.6 Å². The van der Waals surface area contributed by atoms with Crippen molar-refractivity contribution in [1.29, 1.82) is 0 Å². The van der Waals surface area contributed by atoms with Crippen LogP contribution < -0.4 is 5.32 Å². The first-order valence-electron chi connectivity index (χ1n) is 6.32. The summed E-state index contributed by atoms with van der Waals surface area (Å²) in [6.45, 7) is 4.27. The number of nitro groups is 1. The van der Waals surface area contributed by atoms with Crippen LogP contribution in [-0.2, 0) is 6.54 Å². The molecule has 0 amide bonds. The number of nitro benzene ring substituents is 1. The van der Waals surface area contributed by atoms with Crippen molar-refractivity contribution in [3.8, 4) is 0 Å². The van der Waals surface area contributed by atoms with Gasteiger partial charge in [0.25, 0.3) is 5.69 Å². The molecule has 0 aliphatic carbocycles. The Hall–Kier alpha value is -2.34. The zero-order chi connectivity index (χ0) is 14.5. The molecule has 20 heavy (non-hydrogen) atoms. The van der Waals surface area contributed by atoms with Crippen molar-refractivity contribution in [2.75, 3.05) is 0 Å². The van der Waals surface area contributed by atoms with Crippen molar-refractivity contribution in [2.24, 2.45) is 0 Å². The van der Waals surface area contributed by atoms with Crippen LogP contribution in [0.3, 0.4) is 0 Å². The van der Waals surface area contributed by atoms with Gasteiger partial charge in [-0.25, -0.2) is 0 Å². The fraction of sp³-hybridized carbons (Fsp3) is 0.286. The predicted molar refractivity (Wildman–Crippen MR) is 75.1 cm³/mol. The molecule has 1 atom stereocenters. The average molecular weight is 272 g/mol. The SMILES string of the molecule is Cc1nccnc1C(C)NCc1ccccc1[N+](=O)[O-]. The molecule has 0 saturated heterocycles. The van der Waals surface area contributed by atoms with Crippen molar-refractivity contribution in [3.05, 3.63) is 63.7 Å². The summed E-state index contributed by atoms with van der Waals surface area (Å²) in [6.07, 6.45) is 3.29. The third kappa shape index (κ3) is 3.16. The van der Waals surface area contributed by atoms with E-state index in [1.165, 1.54) is 6.07 Å². The number of para-hydroxylation sites is 1. The molecule has 0 fully saturated rings. The number of rotatable bonds is 5. The van der Waals surface area contributed by atoms with Gasteiger partial charge in [0.05, 0.1) is 16.3 Å². The molecule has 1 N–H and O–H groups in total. The number of aromatic nitrogens is 2. The maximum atomic E-state index is 10.9. The number of aryl methyl sites for hydroxylation is 1. The van der Waals surface area contributed by atoms with Crippen LogP contribution in [0.25, 0.3) is 0 Å². The third-order valence-corrected chi connectivity index (χ3v) is 3.12. The molecule has 104 valence electrons. The lowest BCUT2D eigenvalue weighted by Gasteiger charge is -2.14. The minimum Gasteiger partial charge on any atom is -0.304 e. The molecule has 6 heteroatoms. The number of hydrogen-bond donors (Lipinski definition) is 1. The Morgan fingerprint density at radius 2 is 2.00 bits per heavy atom. The second-order valence-corrected chi connectivity index (χ2v) is 4.52. The number of hydrogen-bond acceptors (Lipinski definition) is 5. The van der Waals surface area contributed by atoms with Gasteiger partial charge in [-0.15, -0.1) is 0 Å². The van der Waals surface area contributed by atoms with Crippen molar-refractivity contribution in [3.63, 3.8) is 0 Å². The van der Waals surface area contributed by atoms with E-state index in [1.54, 1.807) is 30.6 Å². The van der Waals surface area contributed by atoms with E-state index in [4.69, 9.17) is 0 Å². The maximum Gasteiger partial charge on any atom is 0.273 e. The Labute approximate surface area is 117 Å². The Morgan fingerprint density at radius 1 is 1.30 bits per heavy atom. The van der Waals surface area contributed by atoms with Gasteiger partial charge in [0.15, 0.2) is 0 Å². The second-order valence-electron chi connectivity index (χ2n) is 4.52. The maximum absolute atomic E-state index is 10.9. The lowest BCUT2D eigenvalue weighted by Crippen LogP contribution is -2.20. The second kappa shape index (κ2) is 6.21. The Bertz CT molecular complexity index is 616. The summed E-state index contributed by atoms with van der Waals surface area (Å²) in [5.41, 5.74) is 2.50. The summed E-state index contributed by atoms with van der Waals surface area (Å²) in [4.78, 5) is 19.1. The van der Waals surface area contributed by atoms with E-state index in [9.17, 15) is 10.1 Å². The van der Waals surface area contributed by atoms with Crippen molar-refractivity contribution in [1.82, 2.24) is 15.3 Å². The van der Waals surface area contributed by atoms with Gasteiger partial charge in [-0.1, -0.05) is 18.2 Å². The fourth-order valence-corrected chi connectivity index (χ4v) is 2.04. The van der Waals surface area contributed by atoms with Gasteiger partial charge in [0.1, 0.15) is 0 Å². The molecule has 1 aromatic heterocycles. The molecule has 0 aliphatic heterocycles. The van der Waals surface area contributed by atoms with E-state index in [2.05, 4.69) is 15.3 Å². The first-order valence-corrected chi connectivity index (χ1v) is 6.32. The highest BCUT2D eigenvalue weighted by atomic mass is 16.6. The van der Waals surface area contributed by atoms with Crippen LogP contribution in [0.1, 0.15) is 29.9 Å². The Kier molecular flexibility index (Phi) is 4.37. The third-order valence-electron chi connectivity index (χ3n) is 3.12. The molecule has 0 saturated carbocycles. The molecule has 0 aliphatic rings. The summed E-state index contributed by atoms with van der Waals surface area (Å²) < 4.78 is 0. The van der Waals surface area contributed by atoms with Gasteiger partial charge < -0.3 is 5.32 Å². The van der Waals surface area contributed by atoms with Crippen LogP contribution in [0.4, 0.5) is 5.69 Å². The number of benzene rings is 1. The van der Waals surface area contributed by atoms with Gasteiger partial charge in [-0.05, 0) is 13.8 Å². The summed E-state index contributed by atoms with van der Waals surface area (Å²) in [6, 6.07) is 6.69. The van der Waals surface area contributed by atoms with Crippen LogP contribution in [0.2, 0.25) is 0 Å². The van der Waals surface area contributed by atoms with Gasteiger partial charge in [-0.2, -0.15) is 0 Å². The first-order chi connectivity index (χ1) is 9.59. The van der Waals surface area contributed by atoms with Crippen LogP contribution in [0, 0.1) is 17.0 Å². The van der Waals surface area contributed by atoms with Gasteiger partial charge in [-0.3, -0.25) is 20.1 Å².